The standard InChI is InChI=1S/C26H35NO5/c1-25-6-4-7-26(15-31-26)23(25)11-18-19(24(28)32-22(18)12-25)14-27-8-5-16-9-20(29-2)21(30-3)10-17(16)13-27/h9-10,18-19,22-23H,4-8,11-15H2,1-3H3/t18-,19+,22-,23+,25-,26+/m1/s1. The molecule has 6 rings (SSSR count). The minimum Gasteiger partial charge on any atom is -0.493 e. The number of carbonyl (C=O) groups excluding carboxylic acids is 1. The van der Waals surface area contributed by atoms with Gasteiger partial charge in [-0.1, -0.05) is 6.92 Å². The first-order chi connectivity index (χ1) is 15.4. The highest BCUT2D eigenvalue weighted by molar-refractivity contribution is 5.75. The number of hydrogen-bond acceptors (Lipinski definition) is 6. The van der Waals surface area contributed by atoms with Crippen LogP contribution in [0.25, 0.3) is 0 Å². The van der Waals surface area contributed by atoms with Crippen molar-refractivity contribution in [3.05, 3.63) is 23.3 Å². The van der Waals surface area contributed by atoms with Gasteiger partial charge < -0.3 is 18.9 Å². The summed E-state index contributed by atoms with van der Waals surface area (Å²) in [4.78, 5) is 15.4. The van der Waals surface area contributed by atoms with Crippen molar-refractivity contribution in [2.75, 3.05) is 33.9 Å². The average molecular weight is 442 g/mol. The number of epoxide rings is 1. The zero-order chi connectivity index (χ0) is 22.1. The van der Waals surface area contributed by atoms with Gasteiger partial charge in [0.2, 0.25) is 0 Å². The number of carbonyl (C=O) groups is 1. The maximum Gasteiger partial charge on any atom is 0.310 e. The van der Waals surface area contributed by atoms with Crippen LogP contribution in [0.15, 0.2) is 12.1 Å². The van der Waals surface area contributed by atoms with Crippen LogP contribution >= 0.6 is 0 Å². The van der Waals surface area contributed by atoms with Crippen LogP contribution in [0, 0.1) is 23.2 Å². The Balaban J connectivity index is 1.19. The van der Waals surface area contributed by atoms with Crippen molar-refractivity contribution >= 4 is 5.97 Å². The Labute approximate surface area is 190 Å². The molecule has 32 heavy (non-hydrogen) atoms. The van der Waals surface area contributed by atoms with Crippen molar-refractivity contribution in [1.29, 1.82) is 0 Å². The monoisotopic (exact) mass is 441 g/mol. The third kappa shape index (κ3) is 3.17. The van der Waals surface area contributed by atoms with Crippen molar-refractivity contribution in [2.24, 2.45) is 23.2 Å². The molecule has 4 fully saturated rings. The SMILES string of the molecule is COc1cc2c(cc1OC)CN(C[C@@H]1C(=O)O[C@@H]3C[C@@]4(C)CCC[C@]5(CO5)[C@H]4C[C@H]13)CC2. The van der Waals surface area contributed by atoms with Crippen LogP contribution in [0.2, 0.25) is 0 Å². The molecule has 1 spiro atoms. The first kappa shape index (κ1) is 20.8. The zero-order valence-corrected chi connectivity index (χ0v) is 19.5. The summed E-state index contributed by atoms with van der Waals surface area (Å²) in [5.41, 5.74) is 2.94. The smallest absolute Gasteiger partial charge is 0.310 e. The molecular formula is C26H35NO5. The first-order valence-electron chi connectivity index (χ1n) is 12.3. The Hall–Kier alpha value is -1.79. The van der Waals surface area contributed by atoms with Gasteiger partial charge in [0.05, 0.1) is 32.3 Å². The summed E-state index contributed by atoms with van der Waals surface area (Å²) in [6, 6.07) is 4.20. The lowest BCUT2D eigenvalue weighted by molar-refractivity contribution is -0.147. The molecule has 2 aliphatic carbocycles. The highest BCUT2D eigenvalue weighted by Crippen LogP contribution is 2.62. The molecule has 0 aromatic heterocycles. The van der Waals surface area contributed by atoms with Crippen molar-refractivity contribution in [1.82, 2.24) is 4.90 Å². The number of ether oxygens (including phenoxy) is 4. The lowest BCUT2D eigenvalue weighted by Crippen LogP contribution is -2.51. The van der Waals surface area contributed by atoms with Crippen LogP contribution < -0.4 is 9.47 Å². The van der Waals surface area contributed by atoms with Gasteiger partial charge in [0.1, 0.15) is 6.10 Å². The van der Waals surface area contributed by atoms with Gasteiger partial charge in [-0.3, -0.25) is 9.69 Å². The van der Waals surface area contributed by atoms with Gasteiger partial charge in [-0.2, -0.15) is 0 Å². The van der Waals surface area contributed by atoms with E-state index in [9.17, 15) is 4.79 Å². The minimum atomic E-state index is -0.0241. The minimum absolute atomic E-state index is 0.0196. The van der Waals surface area contributed by atoms with E-state index < -0.39 is 0 Å². The summed E-state index contributed by atoms with van der Waals surface area (Å²) in [7, 11) is 3.36. The van der Waals surface area contributed by atoms with Crippen molar-refractivity contribution in [3.8, 4) is 11.5 Å². The molecule has 3 aliphatic heterocycles. The van der Waals surface area contributed by atoms with Crippen LogP contribution in [0.4, 0.5) is 0 Å². The van der Waals surface area contributed by atoms with Crippen molar-refractivity contribution < 1.29 is 23.7 Å². The number of nitrogens with zero attached hydrogens (tertiary/aromatic N) is 1. The first-order valence-corrected chi connectivity index (χ1v) is 12.3. The predicted octanol–water partition coefficient (Wildman–Crippen LogP) is 3.59. The topological polar surface area (TPSA) is 60.5 Å². The van der Waals surface area contributed by atoms with Crippen LogP contribution in [0.5, 0.6) is 11.5 Å². The highest BCUT2D eigenvalue weighted by Gasteiger charge is 2.65. The van der Waals surface area contributed by atoms with Gasteiger partial charge >= 0.3 is 5.97 Å². The molecule has 6 heteroatoms. The van der Waals surface area contributed by atoms with E-state index in [1.807, 2.05) is 0 Å². The molecule has 1 aromatic rings. The van der Waals surface area contributed by atoms with Gasteiger partial charge in [-0.15, -0.1) is 0 Å². The molecule has 0 radical (unpaired) electrons. The molecule has 5 aliphatic rings. The number of rotatable bonds is 4. The molecule has 174 valence electrons. The van der Waals surface area contributed by atoms with E-state index >= 15 is 0 Å². The number of esters is 1. The molecular weight excluding hydrogens is 406 g/mol. The number of methoxy groups -OCH3 is 2. The summed E-state index contributed by atoms with van der Waals surface area (Å²) < 4.78 is 23.1. The molecule has 1 aromatic carbocycles. The van der Waals surface area contributed by atoms with Gasteiger partial charge in [0.15, 0.2) is 11.5 Å². The molecule has 3 heterocycles. The third-order valence-electron chi connectivity index (χ3n) is 9.33. The van der Waals surface area contributed by atoms with E-state index in [-0.39, 0.29) is 29.0 Å². The van der Waals surface area contributed by atoms with Gasteiger partial charge in [0, 0.05) is 25.6 Å². The summed E-state index contributed by atoms with van der Waals surface area (Å²) in [6.07, 6.45) is 6.81. The molecule has 0 unspecified atom stereocenters. The quantitative estimate of drug-likeness (QED) is 0.526. The second-order valence-electron chi connectivity index (χ2n) is 11.1. The van der Waals surface area contributed by atoms with Gasteiger partial charge in [-0.05, 0) is 73.1 Å². The lowest BCUT2D eigenvalue weighted by Gasteiger charge is -2.51. The molecule has 6 nitrogen and oxygen atoms in total. The molecule has 2 saturated heterocycles. The summed E-state index contributed by atoms with van der Waals surface area (Å²) in [5.74, 6) is 2.45. The fourth-order valence-electron chi connectivity index (χ4n) is 7.54. The Morgan fingerprint density at radius 1 is 1.16 bits per heavy atom. The summed E-state index contributed by atoms with van der Waals surface area (Å²) in [6.45, 7) is 5.91. The molecule has 0 amide bonds. The van der Waals surface area contributed by atoms with Crippen LogP contribution in [0.3, 0.4) is 0 Å². The maximum absolute atomic E-state index is 13.0. The Kier molecular flexibility index (Phi) is 4.78. The van der Waals surface area contributed by atoms with Crippen LogP contribution in [0.1, 0.15) is 50.2 Å². The third-order valence-corrected chi connectivity index (χ3v) is 9.33. The number of hydrogen-bond donors (Lipinski definition) is 0. The number of fused-ring (bicyclic) bond motifs is 4. The summed E-state index contributed by atoms with van der Waals surface area (Å²) >= 11 is 0. The Bertz CT molecular complexity index is 927. The Morgan fingerprint density at radius 3 is 2.62 bits per heavy atom. The second kappa shape index (κ2) is 7.36. The van der Waals surface area contributed by atoms with Gasteiger partial charge in [-0.25, -0.2) is 0 Å². The molecule has 2 saturated carbocycles. The fraction of sp³-hybridized carbons (Fsp3) is 0.731. The van der Waals surface area contributed by atoms with E-state index in [4.69, 9.17) is 18.9 Å². The maximum atomic E-state index is 13.0. The van der Waals surface area contributed by atoms with E-state index in [0.29, 0.717) is 11.8 Å². The van der Waals surface area contributed by atoms with Crippen molar-refractivity contribution in [2.45, 2.75) is 63.7 Å². The molecule has 0 N–H and O–H groups in total. The second-order valence-corrected chi connectivity index (χ2v) is 11.1. The summed E-state index contributed by atoms with van der Waals surface area (Å²) in [5, 5.41) is 0. The van der Waals surface area contributed by atoms with Crippen LogP contribution in [-0.2, 0) is 27.2 Å². The van der Waals surface area contributed by atoms with E-state index in [0.717, 1.165) is 57.0 Å². The normalized spacial score (nSPS) is 40.3. The molecule has 6 atom stereocenters. The fourth-order valence-corrected chi connectivity index (χ4v) is 7.54. The van der Waals surface area contributed by atoms with Gasteiger partial charge in [0.25, 0.3) is 0 Å². The molecule has 0 bridgehead atoms. The lowest BCUT2D eigenvalue weighted by atomic mass is 9.53. The number of benzene rings is 1. The predicted molar refractivity (Wildman–Crippen MR) is 119 cm³/mol. The van der Waals surface area contributed by atoms with E-state index in [1.165, 1.54) is 30.4 Å². The van der Waals surface area contributed by atoms with Crippen molar-refractivity contribution in [3.63, 3.8) is 0 Å². The largest absolute Gasteiger partial charge is 0.493 e. The average Bonchev–Trinajstić information content (AvgIpc) is 3.49. The van der Waals surface area contributed by atoms with E-state index in [1.54, 1.807) is 14.2 Å². The Morgan fingerprint density at radius 2 is 1.91 bits per heavy atom. The van der Waals surface area contributed by atoms with E-state index in [2.05, 4.69) is 24.0 Å². The van der Waals surface area contributed by atoms with Crippen LogP contribution in [-0.4, -0.2) is 56.5 Å². The zero-order valence-electron chi connectivity index (χ0n) is 19.5. The highest BCUT2D eigenvalue weighted by atomic mass is 16.6.